The topological polar surface area (TPSA) is 52.6 Å². The van der Waals surface area contributed by atoms with Crippen molar-refractivity contribution >= 4 is 38.2 Å². The van der Waals surface area contributed by atoms with Gasteiger partial charge < -0.3 is 9.47 Å². The zero-order valence-corrected chi connectivity index (χ0v) is 17.0. The Morgan fingerprint density at radius 1 is 1.12 bits per heavy atom. The van der Waals surface area contributed by atoms with Crippen molar-refractivity contribution in [2.75, 3.05) is 17.8 Å². The number of halogens is 1. The molecule has 25 heavy (non-hydrogen) atoms. The summed E-state index contributed by atoms with van der Waals surface area (Å²) in [5.41, 5.74) is 1.05. The monoisotopic (exact) mass is 470 g/mol. The molecule has 2 aromatic carbocycles. The Bertz CT molecular complexity index is 889. The summed E-state index contributed by atoms with van der Waals surface area (Å²) in [7, 11) is -1.79. The first kappa shape index (κ1) is 18.3. The Hall–Kier alpha value is -1.54. The predicted octanol–water partition coefficient (Wildman–Crippen LogP) is 4.16. The van der Waals surface area contributed by atoms with Gasteiger partial charge >= 0.3 is 0 Å². The molecular weight excluding hydrogens is 451 g/mol. The predicted molar refractivity (Wildman–Crippen MR) is 107 cm³/mol. The summed E-state index contributed by atoms with van der Waals surface area (Å²) in [6.07, 6.45) is 1.57. The third-order valence-corrected chi connectivity index (χ3v) is 6.77. The Labute approximate surface area is 161 Å². The zero-order chi connectivity index (χ0) is 18.1. The first-order valence-corrected chi connectivity index (χ1v) is 11.2. The van der Waals surface area contributed by atoms with Gasteiger partial charge in [0, 0.05) is 22.7 Å². The lowest BCUT2D eigenvalue weighted by Gasteiger charge is -2.28. The van der Waals surface area contributed by atoms with Crippen LogP contribution in [0.4, 0.5) is 0 Å². The molecule has 0 spiro atoms. The average molecular weight is 470 g/mol. The maximum Gasteiger partial charge on any atom is 0.175 e. The van der Waals surface area contributed by atoms with Gasteiger partial charge in [-0.1, -0.05) is 52.9 Å². The van der Waals surface area contributed by atoms with Crippen molar-refractivity contribution in [2.24, 2.45) is 0 Å². The van der Waals surface area contributed by atoms with E-state index in [9.17, 15) is 8.42 Å². The van der Waals surface area contributed by atoms with Crippen LogP contribution in [0.2, 0.25) is 0 Å². The number of hydrogen-bond donors (Lipinski definition) is 0. The van der Waals surface area contributed by atoms with E-state index in [0.717, 1.165) is 11.1 Å². The lowest BCUT2D eigenvalue weighted by Crippen LogP contribution is -2.28. The van der Waals surface area contributed by atoms with Gasteiger partial charge in [0.2, 0.25) is 0 Å². The van der Waals surface area contributed by atoms with Crippen LogP contribution in [0.1, 0.15) is 17.5 Å². The minimum atomic E-state index is -3.38. The van der Waals surface area contributed by atoms with Gasteiger partial charge in [0.1, 0.15) is 17.1 Å². The Morgan fingerprint density at radius 3 is 2.28 bits per heavy atom. The molecular formula is C19H19IO4S. The van der Waals surface area contributed by atoms with Crippen molar-refractivity contribution in [2.45, 2.75) is 12.0 Å². The molecule has 0 aromatic heterocycles. The first-order chi connectivity index (χ1) is 11.9. The molecule has 132 valence electrons. The smallest absolute Gasteiger partial charge is 0.175 e. The first-order valence-electron chi connectivity index (χ1n) is 7.78. The number of methoxy groups -OCH3 is 1. The summed E-state index contributed by atoms with van der Waals surface area (Å²) in [5.74, 6) is 1.15. The van der Waals surface area contributed by atoms with E-state index in [1.807, 2.05) is 42.5 Å². The van der Waals surface area contributed by atoms with Crippen LogP contribution >= 0.6 is 22.6 Å². The molecule has 1 atom stereocenters. The number of benzene rings is 2. The maximum absolute atomic E-state index is 12.4. The fourth-order valence-electron chi connectivity index (χ4n) is 2.94. The van der Waals surface area contributed by atoms with Gasteiger partial charge in [-0.15, -0.1) is 0 Å². The molecule has 0 saturated carbocycles. The van der Waals surface area contributed by atoms with Gasteiger partial charge in [0.15, 0.2) is 9.84 Å². The van der Waals surface area contributed by atoms with Crippen LogP contribution in [0.15, 0.2) is 59.5 Å². The van der Waals surface area contributed by atoms with E-state index in [1.54, 1.807) is 19.2 Å². The lowest BCUT2D eigenvalue weighted by molar-refractivity contribution is 0.0860. The number of rotatable bonds is 5. The van der Waals surface area contributed by atoms with Crippen molar-refractivity contribution in [3.8, 4) is 5.75 Å². The molecule has 0 aliphatic carbocycles. The summed E-state index contributed by atoms with van der Waals surface area (Å²) in [4.78, 5) is 0.346. The highest BCUT2D eigenvalue weighted by molar-refractivity contribution is 14.1. The summed E-state index contributed by atoms with van der Waals surface area (Å²) < 4.78 is 37.0. The standard InChI is InChI=1S/C19H19IO4S/c1-23-16-10-8-14(9-11-16)18-17(25(2,21)22)12-19(13-20,24-18)15-6-4-3-5-7-15/h3-11H,12-13H2,1-2H3. The second kappa shape index (κ2) is 6.99. The minimum Gasteiger partial charge on any atom is -0.497 e. The Kier molecular flexibility index (Phi) is 5.11. The van der Waals surface area contributed by atoms with Gasteiger partial charge in [-0.2, -0.15) is 0 Å². The molecule has 0 fully saturated rings. The number of ether oxygens (including phenoxy) is 2. The second-order valence-corrected chi connectivity index (χ2v) is 8.83. The number of hydrogen-bond acceptors (Lipinski definition) is 4. The van der Waals surface area contributed by atoms with Crippen LogP contribution in [-0.2, 0) is 20.2 Å². The van der Waals surface area contributed by atoms with Crippen LogP contribution in [0, 0.1) is 0 Å². The molecule has 4 nitrogen and oxygen atoms in total. The highest BCUT2D eigenvalue weighted by Gasteiger charge is 2.45. The van der Waals surface area contributed by atoms with Crippen LogP contribution in [0.5, 0.6) is 5.75 Å². The third kappa shape index (κ3) is 3.55. The van der Waals surface area contributed by atoms with Crippen molar-refractivity contribution in [3.05, 3.63) is 70.6 Å². The van der Waals surface area contributed by atoms with Crippen molar-refractivity contribution in [3.63, 3.8) is 0 Å². The molecule has 1 heterocycles. The highest BCUT2D eigenvalue weighted by atomic mass is 127. The number of sulfone groups is 1. The zero-order valence-electron chi connectivity index (χ0n) is 14.0. The molecule has 6 heteroatoms. The molecule has 0 saturated heterocycles. The molecule has 1 aliphatic heterocycles. The maximum atomic E-state index is 12.4. The van der Waals surface area contributed by atoms with Gasteiger partial charge in [-0.05, 0) is 29.8 Å². The largest absolute Gasteiger partial charge is 0.497 e. The van der Waals surface area contributed by atoms with Crippen molar-refractivity contribution in [1.82, 2.24) is 0 Å². The normalized spacial score (nSPS) is 20.4. The van der Waals surface area contributed by atoms with E-state index >= 15 is 0 Å². The third-order valence-electron chi connectivity index (χ3n) is 4.31. The average Bonchev–Trinajstić information content (AvgIpc) is 3.04. The fourth-order valence-corrected chi connectivity index (χ4v) is 4.80. The Morgan fingerprint density at radius 2 is 1.76 bits per heavy atom. The Balaban J connectivity index is 2.10. The summed E-state index contributed by atoms with van der Waals surface area (Å²) in [6, 6.07) is 17.0. The fraction of sp³-hybridized carbons (Fsp3) is 0.263. The quantitative estimate of drug-likeness (QED) is 0.487. The highest BCUT2D eigenvalue weighted by Crippen LogP contribution is 2.48. The molecule has 0 amide bonds. The van der Waals surface area contributed by atoms with E-state index in [2.05, 4.69) is 22.6 Å². The summed E-state index contributed by atoms with van der Waals surface area (Å²) in [6.45, 7) is 0. The molecule has 0 N–H and O–H groups in total. The van der Waals surface area contributed by atoms with Gasteiger partial charge in [-0.25, -0.2) is 8.42 Å². The SMILES string of the molecule is COc1ccc(C2=C(S(C)(=O)=O)CC(CI)(c3ccccc3)O2)cc1. The van der Waals surface area contributed by atoms with Crippen molar-refractivity contribution < 1.29 is 17.9 Å². The van der Waals surface area contributed by atoms with Crippen molar-refractivity contribution in [1.29, 1.82) is 0 Å². The van der Waals surface area contributed by atoms with Crippen LogP contribution in [0.3, 0.4) is 0 Å². The molecule has 3 rings (SSSR count). The summed E-state index contributed by atoms with van der Waals surface area (Å²) >= 11 is 2.26. The van der Waals surface area contributed by atoms with E-state index in [0.29, 0.717) is 27.3 Å². The van der Waals surface area contributed by atoms with E-state index in [4.69, 9.17) is 9.47 Å². The molecule has 1 unspecified atom stereocenters. The van der Waals surface area contributed by atoms with Gasteiger partial charge in [0.05, 0.1) is 12.0 Å². The van der Waals surface area contributed by atoms with E-state index < -0.39 is 15.4 Å². The van der Waals surface area contributed by atoms with Gasteiger partial charge in [-0.3, -0.25) is 0 Å². The molecule has 0 radical (unpaired) electrons. The molecule has 2 aromatic rings. The second-order valence-electron chi connectivity index (χ2n) is 6.03. The molecule has 0 bridgehead atoms. The van der Waals surface area contributed by atoms with Crippen LogP contribution < -0.4 is 4.74 Å². The van der Waals surface area contributed by atoms with Gasteiger partial charge in [0.25, 0.3) is 0 Å². The van der Waals surface area contributed by atoms with E-state index in [-0.39, 0.29) is 0 Å². The van der Waals surface area contributed by atoms with Crippen LogP contribution in [-0.4, -0.2) is 26.2 Å². The lowest BCUT2D eigenvalue weighted by atomic mass is 9.93. The molecule has 1 aliphatic rings. The van der Waals surface area contributed by atoms with E-state index in [1.165, 1.54) is 6.26 Å². The van der Waals surface area contributed by atoms with Crippen LogP contribution in [0.25, 0.3) is 5.76 Å². The summed E-state index contributed by atoms with van der Waals surface area (Å²) in [5, 5.41) is 0. The number of alkyl halides is 1. The minimum absolute atomic E-state index is 0.333.